The molecule has 0 amide bonds. The average molecular weight is 236 g/mol. The van der Waals surface area contributed by atoms with E-state index in [4.69, 9.17) is 10.6 Å². The van der Waals surface area contributed by atoms with Crippen molar-refractivity contribution in [3.05, 3.63) is 29.3 Å². The number of hydrogen-bond acceptors (Lipinski definition) is 3. The van der Waals surface area contributed by atoms with Crippen LogP contribution in [-0.2, 0) is 0 Å². The van der Waals surface area contributed by atoms with Gasteiger partial charge in [-0.05, 0) is 42.5 Å². The van der Waals surface area contributed by atoms with Gasteiger partial charge in [0.2, 0.25) is 0 Å². The van der Waals surface area contributed by atoms with E-state index < -0.39 is 0 Å². The number of nitrogens with one attached hydrogen (secondary N) is 1. The second-order valence-electron chi connectivity index (χ2n) is 4.63. The van der Waals surface area contributed by atoms with Gasteiger partial charge in [0.25, 0.3) is 0 Å². The van der Waals surface area contributed by atoms with Gasteiger partial charge in [0.05, 0.1) is 7.11 Å². The summed E-state index contributed by atoms with van der Waals surface area (Å²) < 4.78 is 5.22. The molecule has 0 bridgehead atoms. The summed E-state index contributed by atoms with van der Waals surface area (Å²) in [7, 11) is 1.69. The molecular formula is C14H24N2O. The van der Waals surface area contributed by atoms with Gasteiger partial charge in [-0.15, -0.1) is 0 Å². The van der Waals surface area contributed by atoms with Crippen LogP contribution in [0.2, 0.25) is 0 Å². The second kappa shape index (κ2) is 6.62. The molecule has 2 unspecified atom stereocenters. The summed E-state index contributed by atoms with van der Waals surface area (Å²) in [5.74, 6) is 7.11. The third-order valence-corrected chi connectivity index (χ3v) is 3.30. The molecule has 0 aliphatic carbocycles. The average Bonchev–Trinajstić information content (AvgIpc) is 2.32. The van der Waals surface area contributed by atoms with E-state index in [1.807, 2.05) is 6.07 Å². The van der Waals surface area contributed by atoms with Gasteiger partial charge in [-0.25, -0.2) is 0 Å². The summed E-state index contributed by atoms with van der Waals surface area (Å²) in [6, 6.07) is 6.36. The fourth-order valence-corrected chi connectivity index (χ4v) is 2.31. The lowest BCUT2D eigenvalue weighted by atomic mass is 9.89. The zero-order chi connectivity index (χ0) is 12.8. The first-order valence-electron chi connectivity index (χ1n) is 6.24. The Balaban J connectivity index is 2.95. The molecule has 0 aliphatic rings. The SMILES string of the molecule is CCCC(C)C(NN)c1ccc(OC)cc1C. The van der Waals surface area contributed by atoms with Crippen molar-refractivity contribution in [1.29, 1.82) is 0 Å². The highest BCUT2D eigenvalue weighted by Gasteiger charge is 2.19. The van der Waals surface area contributed by atoms with Crippen LogP contribution in [-0.4, -0.2) is 7.11 Å². The summed E-state index contributed by atoms with van der Waals surface area (Å²) >= 11 is 0. The molecule has 1 rings (SSSR count). The predicted molar refractivity (Wildman–Crippen MR) is 71.9 cm³/mol. The van der Waals surface area contributed by atoms with Gasteiger partial charge in [-0.1, -0.05) is 26.3 Å². The van der Waals surface area contributed by atoms with E-state index >= 15 is 0 Å². The lowest BCUT2D eigenvalue weighted by Gasteiger charge is -2.25. The van der Waals surface area contributed by atoms with Crippen molar-refractivity contribution in [2.45, 2.75) is 39.7 Å². The van der Waals surface area contributed by atoms with Crippen LogP contribution in [0.1, 0.15) is 43.9 Å². The topological polar surface area (TPSA) is 47.3 Å². The van der Waals surface area contributed by atoms with Gasteiger partial charge in [0.1, 0.15) is 5.75 Å². The Labute approximate surface area is 104 Å². The number of nitrogens with two attached hydrogens (primary N) is 1. The summed E-state index contributed by atoms with van der Waals surface area (Å²) in [6.07, 6.45) is 2.34. The number of methoxy groups -OCH3 is 1. The Kier molecular flexibility index (Phi) is 5.45. The summed E-state index contributed by atoms with van der Waals surface area (Å²) in [4.78, 5) is 0. The number of ether oxygens (including phenoxy) is 1. The van der Waals surface area contributed by atoms with Gasteiger partial charge in [0, 0.05) is 6.04 Å². The van der Waals surface area contributed by atoms with Crippen LogP contribution in [0.15, 0.2) is 18.2 Å². The highest BCUT2D eigenvalue weighted by molar-refractivity contribution is 5.36. The van der Waals surface area contributed by atoms with Gasteiger partial charge >= 0.3 is 0 Å². The molecule has 3 N–H and O–H groups in total. The fourth-order valence-electron chi connectivity index (χ4n) is 2.31. The van der Waals surface area contributed by atoms with Crippen LogP contribution < -0.4 is 16.0 Å². The summed E-state index contributed by atoms with van der Waals surface area (Å²) in [5, 5.41) is 0. The zero-order valence-corrected chi connectivity index (χ0v) is 11.3. The number of hydrogen-bond donors (Lipinski definition) is 2. The lowest BCUT2D eigenvalue weighted by Crippen LogP contribution is -2.33. The minimum Gasteiger partial charge on any atom is -0.497 e. The largest absolute Gasteiger partial charge is 0.497 e. The zero-order valence-electron chi connectivity index (χ0n) is 11.3. The third-order valence-electron chi connectivity index (χ3n) is 3.30. The Hall–Kier alpha value is -1.06. The molecule has 0 spiro atoms. The molecule has 17 heavy (non-hydrogen) atoms. The predicted octanol–water partition coefficient (Wildman–Crippen LogP) is 2.94. The van der Waals surface area contributed by atoms with Crippen LogP contribution in [0.3, 0.4) is 0 Å². The number of rotatable bonds is 6. The summed E-state index contributed by atoms with van der Waals surface area (Å²) in [5.41, 5.74) is 5.42. The van der Waals surface area contributed by atoms with Crippen LogP contribution >= 0.6 is 0 Å². The normalized spacial score (nSPS) is 14.4. The molecule has 3 nitrogen and oxygen atoms in total. The molecular weight excluding hydrogens is 212 g/mol. The molecule has 0 radical (unpaired) electrons. The van der Waals surface area contributed by atoms with E-state index in [0.29, 0.717) is 5.92 Å². The minimum atomic E-state index is 0.209. The highest BCUT2D eigenvalue weighted by atomic mass is 16.5. The van der Waals surface area contributed by atoms with E-state index in [0.717, 1.165) is 5.75 Å². The standard InChI is InChI=1S/C14H24N2O/c1-5-6-10(2)14(16-15)13-8-7-12(17-4)9-11(13)3/h7-10,14,16H,5-6,15H2,1-4H3. The monoisotopic (exact) mass is 236 g/mol. The lowest BCUT2D eigenvalue weighted by molar-refractivity contribution is 0.366. The Morgan fingerprint density at radius 3 is 2.59 bits per heavy atom. The van der Waals surface area contributed by atoms with Crippen molar-refractivity contribution < 1.29 is 4.74 Å². The minimum absolute atomic E-state index is 0.209. The Morgan fingerprint density at radius 1 is 1.41 bits per heavy atom. The molecule has 0 aliphatic heterocycles. The number of hydrazine groups is 1. The van der Waals surface area contributed by atoms with Gasteiger partial charge in [-0.2, -0.15) is 0 Å². The first kappa shape index (κ1) is 14.0. The maximum absolute atomic E-state index is 5.69. The van der Waals surface area contributed by atoms with E-state index in [-0.39, 0.29) is 6.04 Å². The Morgan fingerprint density at radius 2 is 2.12 bits per heavy atom. The quantitative estimate of drug-likeness (QED) is 0.589. The van der Waals surface area contributed by atoms with Gasteiger partial charge < -0.3 is 4.74 Å². The van der Waals surface area contributed by atoms with Gasteiger partial charge in [0.15, 0.2) is 0 Å². The van der Waals surface area contributed by atoms with Crippen molar-refractivity contribution in [3.63, 3.8) is 0 Å². The van der Waals surface area contributed by atoms with E-state index in [1.165, 1.54) is 24.0 Å². The third kappa shape index (κ3) is 3.45. The maximum atomic E-state index is 5.69. The van der Waals surface area contributed by atoms with E-state index in [9.17, 15) is 0 Å². The van der Waals surface area contributed by atoms with Crippen LogP contribution in [0, 0.1) is 12.8 Å². The fraction of sp³-hybridized carbons (Fsp3) is 0.571. The van der Waals surface area contributed by atoms with Crippen molar-refractivity contribution in [2.24, 2.45) is 11.8 Å². The number of benzene rings is 1. The molecule has 0 saturated carbocycles. The molecule has 1 aromatic rings. The molecule has 0 fully saturated rings. The molecule has 96 valence electrons. The van der Waals surface area contributed by atoms with Crippen molar-refractivity contribution in [3.8, 4) is 5.75 Å². The van der Waals surface area contributed by atoms with Crippen molar-refractivity contribution in [1.82, 2.24) is 5.43 Å². The highest BCUT2D eigenvalue weighted by Crippen LogP contribution is 2.29. The molecule has 1 aromatic carbocycles. The van der Waals surface area contributed by atoms with E-state index in [2.05, 4.69) is 38.3 Å². The van der Waals surface area contributed by atoms with Gasteiger partial charge in [-0.3, -0.25) is 11.3 Å². The molecule has 2 atom stereocenters. The maximum Gasteiger partial charge on any atom is 0.119 e. The summed E-state index contributed by atoms with van der Waals surface area (Å²) in [6.45, 7) is 6.53. The van der Waals surface area contributed by atoms with Crippen molar-refractivity contribution in [2.75, 3.05) is 7.11 Å². The number of aryl methyl sites for hydroxylation is 1. The smallest absolute Gasteiger partial charge is 0.119 e. The first-order valence-corrected chi connectivity index (χ1v) is 6.24. The van der Waals surface area contributed by atoms with E-state index in [1.54, 1.807) is 7.11 Å². The second-order valence-corrected chi connectivity index (χ2v) is 4.63. The molecule has 3 heteroatoms. The first-order chi connectivity index (χ1) is 8.13. The molecule has 0 heterocycles. The Bertz CT molecular complexity index is 352. The van der Waals surface area contributed by atoms with Crippen LogP contribution in [0.5, 0.6) is 5.75 Å². The van der Waals surface area contributed by atoms with Crippen LogP contribution in [0.4, 0.5) is 0 Å². The van der Waals surface area contributed by atoms with Crippen LogP contribution in [0.25, 0.3) is 0 Å². The molecule has 0 saturated heterocycles. The van der Waals surface area contributed by atoms with Crippen molar-refractivity contribution >= 4 is 0 Å². The molecule has 0 aromatic heterocycles.